The largest absolute Gasteiger partial charge is 0.459 e. The molecule has 18 atom stereocenters. The molecule has 3 aliphatic heterocycles. The van der Waals surface area contributed by atoms with E-state index in [1.807, 2.05) is 25.9 Å². The SMILES string of the molecule is CC[C@H]1OC(=O)[C@H](C)[C@@H](O[C@@H]2O[C@H](O)C[C@](C)(OC)[C@@H]2O)[C@H](C)[C@@H](O[C@@H]2O[C@H](C)C[C@H](N(C)C)[C@H]2O)[C@](C)(O)C[C@@H](C)C(=O)[C@H](C)[C@@H](O)[C@]1(C)O. The van der Waals surface area contributed by atoms with Gasteiger partial charge in [-0.05, 0) is 68.0 Å². The lowest BCUT2D eigenvalue weighted by molar-refractivity contribution is -0.352. The van der Waals surface area contributed by atoms with Crippen molar-refractivity contribution in [2.45, 2.75) is 172 Å². The van der Waals surface area contributed by atoms with Gasteiger partial charge in [-0.3, -0.25) is 9.59 Å². The van der Waals surface area contributed by atoms with Crippen molar-refractivity contribution in [1.29, 1.82) is 0 Å². The van der Waals surface area contributed by atoms with Crippen LogP contribution >= 0.6 is 0 Å². The summed E-state index contributed by atoms with van der Waals surface area (Å²) in [5.74, 6) is -5.46. The van der Waals surface area contributed by atoms with Crippen LogP contribution in [0.5, 0.6) is 0 Å². The van der Waals surface area contributed by atoms with Gasteiger partial charge in [-0.1, -0.05) is 27.7 Å². The second-order valence-corrected chi connectivity index (χ2v) is 16.2. The minimum atomic E-state index is -2.04. The summed E-state index contributed by atoms with van der Waals surface area (Å²) in [5, 5.41) is 68.6. The summed E-state index contributed by atoms with van der Waals surface area (Å²) in [7, 11) is 5.01. The van der Waals surface area contributed by atoms with Gasteiger partial charge >= 0.3 is 5.97 Å². The molecule has 6 N–H and O–H groups in total. The van der Waals surface area contributed by atoms with E-state index in [0.29, 0.717) is 6.42 Å². The van der Waals surface area contributed by atoms with Crippen LogP contribution in [0.15, 0.2) is 0 Å². The zero-order valence-electron chi connectivity index (χ0n) is 32.4. The lowest BCUT2D eigenvalue weighted by Gasteiger charge is -2.49. The number of cyclic esters (lactones) is 1. The highest BCUT2D eigenvalue weighted by Gasteiger charge is 2.54. The van der Waals surface area contributed by atoms with E-state index in [-0.39, 0.29) is 31.4 Å². The van der Waals surface area contributed by atoms with Gasteiger partial charge in [0.1, 0.15) is 35.3 Å². The number of carbonyl (C=O) groups excluding carboxylic acids is 2. The third kappa shape index (κ3) is 9.49. The van der Waals surface area contributed by atoms with Crippen LogP contribution in [-0.2, 0) is 38.0 Å². The van der Waals surface area contributed by atoms with Gasteiger partial charge in [0.05, 0.1) is 35.9 Å². The minimum absolute atomic E-state index is 0.0785. The Balaban J connectivity index is 2.20. The van der Waals surface area contributed by atoms with Crippen LogP contribution in [0.1, 0.15) is 88.0 Å². The van der Waals surface area contributed by atoms with E-state index in [2.05, 4.69) is 0 Å². The molecule has 0 radical (unpaired) electrons. The van der Waals surface area contributed by atoms with Gasteiger partial charge in [0.15, 0.2) is 18.9 Å². The third-order valence-corrected chi connectivity index (χ3v) is 11.5. The monoisotopic (exact) mass is 735 g/mol. The number of esters is 1. The Morgan fingerprint density at radius 2 is 1.47 bits per heavy atom. The van der Waals surface area contributed by atoms with Crippen molar-refractivity contribution < 1.29 is 68.6 Å². The van der Waals surface area contributed by atoms with Crippen molar-refractivity contribution in [3.05, 3.63) is 0 Å². The number of hydrogen-bond acceptors (Lipinski definition) is 15. The second kappa shape index (κ2) is 17.0. The highest BCUT2D eigenvalue weighted by Crippen LogP contribution is 2.40. The molecule has 51 heavy (non-hydrogen) atoms. The molecule has 0 amide bonds. The van der Waals surface area contributed by atoms with Gasteiger partial charge in [0.2, 0.25) is 0 Å². The van der Waals surface area contributed by atoms with Gasteiger partial charge < -0.3 is 64.0 Å². The van der Waals surface area contributed by atoms with Gasteiger partial charge in [-0.25, -0.2) is 0 Å². The Bertz CT molecular complexity index is 1170. The predicted molar refractivity (Wildman–Crippen MR) is 183 cm³/mol. The average Bonchev–Trinajstić information content (AvgIpc) is 3.05. The normalized spacial score (nSPS) is 49.7. The molecule has 0 aromatic rings. The summed E-state index contributed by atoms with van der Waals surface area (Å²) in [6.07, 6.45) is -12.3. The lowest BCUT2D eigenvalue weighted by Crippen LogP contribution is -2.62. The Hall–Kier alpha value is -1.34. The number of Topliss-reactive ketones (excluding diaryl/α,β-unsaturated/α-hetero) is 1. The summed E-state index contributed by atoms with van der Waals surface area (Å²) in [6.45, 7) is 14.1. The number of nitrogens with zero attached hydrogens (tertiary/aromatic N) is 1. The van der Waals surface area contributed by atoms with Crippen LogP contribution in [0.2, 0.25) is 0 Å². The quantitative estimate of drug-likeness (QED) is 0.199. The number of likely N-dealkylation sites (N-methyl/N-ethyl adjacent to an activating group) is 1. The zero-order valence-corrected chi connectivity index (χ0v) is 32.4. The molecular weight excluding hydrogens is 670 g/mol. The molecule has 0 saturated carbocycles. The molecule has 15 nitrogen and oxygen atoms in total. The summed E-state index contributed by atoms with van der Waals surface area (Å²) in [6, 6.07) is -0.362. The maximum atomic E-state index is 14.0. The number of hydrogen-bond donors (Lipinski definition) is 6. The van der Waals surface area contributed by atoms with Gasteiger partial charge in [-0.15, -0.1) is 0 Å². The molecule has 3 fully saturated rings. The molecule has 0 aromatic heterocycles. The number of aliphatic hydroxyl groups excluding tert-OH is 4. The smallest absolute Gasteiger partial charge is 0.311 e. The molecular formula is C36H65NO14. The second-order valence-electron chi connectivity index (χ2n) is 16.2. The Kier molecular flexibility index (Phi) is 14.7. The first-order chi connectivity index (χ1) is 23.4. The number of methoxy groups -OCH3 is 1. The first-order valence-corrected chi connectivity index (χ1v) is 18.2. The fraction of sp³-hybridized carbons (Fsp3) is 0.944. The molecule has 298 valence electrons. The van der Waals surface area contributed by atoms with Crippen LogP contribution < -0.4 is 0 Å². The van der Waals surface area contributed by atoms with Crippen molar-refractivity contribution in [2.75, 3.05) is 21.2 Å². The van der Waals surface area contributed by atoms with Gasteiger partial charge in [0, 0.05) is 37.3 Å². The molecule has 3 rings (SSSR count). The fourth-order valence-electron chi connectivity index (χ4n) is 8.14. The molecule has 0 aliphatic carbocycles. The maximum Gasteiger partial charge on any atom is 0.311 e. The molecule has 15 heteroatoms. The minimum Gasteiger partial charge on any atom is -0.459 e. The van der Waals surface area contributed by atoms with Crippen molar-refractivity contribution in [3.63, 3.8) is 0 Å². The molecule has 3 saturated heterocycles. The summed E-state index contributed by atoms with van der Waals surface area (Å²) >= 11 is 0. The zero-order chi connectivity index (χ0) is 39.0. The first-order valence-electron chi connectivity index (χ1n) is 18.2. The highest BCUT2D eigenvalue weighted by molar-refractivity contribution is 5.83. The lowest BCUT2D eigenvalue weighted by atomic mass is 9.74. The van der Waals surface area contributed by atoms with Crippen LogP contribution in [-0.4, -0.2) is 153 Å². The highest BCUT2D eigenvalue weighted by atomic mass is 16.7. The van der Waals surface area contributed by atoms with Crippen molar-refractivity contribution in [1.82, 2.24) is 4.90 Å². The van der Waals surface area contributed by atoms with E-state index >= 15 is 0 Å². The van der Waals surface area contributed by atoms with Gasteiger partial charge in [0.25, 0.3) is 0 Å². The molecule has 0 bridgehead atoms. The fourth-order valence-corrected chi connectivity index (χ4v) is 8.14. The van der Waals surface area contributed by atoms with E-state index in [0.717, 1.165) is 0 Å². The summed E-state index contributed by atoms with van der Waals surface area (Å²) in [5.41, 5.74) is -5.21. The molecule has 0 unspecified atom stereocenters. The molecule has 0 spiro atoms. The summed E-state index contributed by atoms with van der Waals surface area (Å²) < 4.78 is 36.1. The summed E-state index contributed by atoms with van der Waals surface area (Å²) in [4.78, 5) is 29.7. The van der Waals surface area contributed by atoms with E-state index in [1.165, 1.54) is 34.8 Å². The number of carbonyl (C=O) groups is 2. The van der Waals surface area contributed by atoms with Crippen LogP contribution in [0, 0.1) is 23.7 Å². The predicted octanol–water partition coefficient (Wildman–Crippen LogP) is 0.716. The number of ether oxygens (including phenoxy) is 6. The molecule has 3 heterocycles. The average molecular weight is 736 g/mol. The Labute approximate surface area is 302 Å². The first kappa shape index (κ1) is 44.1. The van der Waals surface area contributed by atoms with E-state index in [1.54, 1.807) is 27.7 Å². The van der Waals surface area contributed by atoms with Crippen molar-refractivity contribution in [2.24, 2.45) is 23.7 Å². The van der Waals surface area contributed by atoms with E-state index in [9.17, 15) is 40.2 Å². The van der Waals surface area contributed by atoms with Crippen molar-refractivity contribution in [3.8, 4) is 0 Å². The molecule has 3 aliphatic rings. The number of ketones is 1. The van der Waals surface area contributed by atoms with E-state index < -0.39 is 108 Å². The number of aliphatic hydroxyl groups is 6. The van der Waals surface area contributed by atoms with Gasteiger partial charge in [-0.2, -0.15) is 0 Å². The standard InChI is InChI=1S/C36H65NO14/c1-13-23-36(9,45)28(41)19(4)25(39)17(2)15-34(7,44)30(51-32-26(40)22(37(10)11)14-18(3)47-32)20(5)27(21(6)31(43)48-23)50-33-29(42)35(8,46-12)16-24(38)49-33/h17-24,26-30,32-33,38,40-42,44-45H,13-16H2,1-12H3/t17-,18-,19+,20+,21-,22+,23-,24+,26-,27+,28-,29-,30-,32+,33+,34-,35+,36-/m1/s1. The van der Waals surface area contributed by atoms with Crippen LogP contribution in [0.25, 0.3) is 0 Å². The number of rotatable bonds is 7. The Morgan fingerprint density at radius 3 is 2.02 bits per heavy atom. The van der Waals surface area contributed by atoms with Crippen LogP contribution in [0.4, 0.5) is 0 Å². The maximum absolute atomic E-state index is 14.0. The topological polar surface area (TPSA) is 214 Å². The van der Waals surface area contributed by atoms with E-state index in [4.69, 9.17) is 28.4 Å². The van der Waals surface area contributed by atoms with Crippen molar-refractivity contribution >= 4 is 11.8 Å². The Morgan fingerprint density at radius 1 is 0.863 bits per heavy atom. The van der Waals surface area contributed by atoms with Crippen LogP contribution in [0.3, 0.4) is 0 Å². The third-order valence-electron chi connectivity index (χ3n) is 11.5. The molecule has 0 aromatic carbocycles.